The van der Waals surface area contributed by atoms with Crippen LogP contribution in [0.3, 0.4) is 0 Å². The van der Waals surface area contributed by atoms with Gasteiger partial charge in [0.25, 0.3) is 0 Å². The maximum absolute atomic E-state index is 12.6. The lowest BCUT2D eigenvalue weighted by Crippen LogP contribution is -2.55. The number of nitrogens with two attached hydrogens (primary N) is 3. The predicted octanol–water partition coefficient (Wildman–Crippen LogP) is -2.05. The fraction of sp³-hybridized carbons (Fsp3) is 0.722. The third-order valence-electron chi connectivity index (χ3n) is 4.22. The van der Waals surface area contributed by atoms with E-state index in [0.29, 0.717) is 18.6 Å². The Morgan fingerprint density at radius 1 is 1.06 bits per heavy atom. The van der Waals surface area contributed by atoms with Gasteiger partial charge in [-0.3, -0.25) is 19.4 Å². The van der Waals surface area contributed by atoms with E-state index in [2.05, 4.69) is 20.9 Å². The molecule has 0 aliphatic heterocycles. The molecule has 0 aromatic heterocycles. The van der Waals surface area contributed by atoms with Crippen molar-refractivity contribution in [3.05, 3.63) is 0 Å². The highest BCUT2D eigenvalue weighted by molar-refractivity contribution is 7.98. The van der Waals surface area contributed by atoms with Crippen molar-refractivity contribution < 1.29 is 24.3 Å². The monoisotopic (exact) mass is 461 g/mol. The maximum atomic E-state index is 12.6. The lowest BCUT2D eigenvalue weighted by molar-refractivity contribution is -0.142. The molecule has 3 amide bonds. The largest absolute Gasteiger partial charge is 0.480 e. The molecule has 0 heterocycles. The summed E-state index contributed by atoms with van der Waals surface area (Å²) in [5.41, 5.74) is 16.2. The Morgan fingerprint density at radius 2 is 1.71 bits per heavy atom. The quantitative estimate of drug-likeness (QED) is 0.0810. The van der Waals surface area contributed by atoms with Gasteiger partial charge in [-0.15, -0.1) is 0 Å². The van der Waals surface area contributed by atoms with E-state index in [4.69, 9.17) is 17.2 Å². The number of thioether (sulfide) groups is 1. The first-order valence-electron chi connectivity index (χ1n) is 9.89. The van der Waals surface area contributed by atoms with Crippen LogP contribution >= 0.6 is 11.8 Å². The smallest absolute Gasteiger partial charge is 0.326 e. The number of rotatable bonds is 15. The van der Waals surface area contributed by atoms with Crippen molar-refractivity contribution in [1.29, 1.82) is 0 Å². The van der Waals surface area contributed by atoms with Gasteiger partial charge in [0.1, 0.15) is 12.1 Å². The maximum Gasteiger partial charge on any atom is 0.326 e. The molecule has 0 rings (SSSR count). The number of carboxylic acids is 1. The molecule has 12 nitrogen and oxygen atoms in total. The van der Waals surface area contributed by atoms with E-state index in [1.54, 1.807) is 25.6 Å². The Labute approximate surface area is 186 Å². The van der Waals surface area contributed by atoms with Crippen LogP contribution < -0.4 is 33.2 Å². The van der Waals surface area contributed by atoms with Crippen LogP contribution in [0.2, 0.25) is 0 Å². The molecule has 178 valence electrons. The summed E-state index contributed by atoms with van der Waals surface area (Å²) in [5, 5.41) is 16.7. The molecule has 0 aliphatic carbocycles. The molecule has 0 radical (unpaired) electrons. The molecule has 0 aromatic rings. The van der Waals surface area contributed by atoms with Crippen molar-refractivity contribution in [1.82, 2.24) is 16.0 Å². The number of hydrogen-bond acceptors (Lipinski definition) is 7. The second kappa shape index (κ2) is 15.3. The van der Waals surface area contributed by atoms with Crippen LogP contribution in [0.25, 0.3) is 0 Å². The van der Waals surface area contributed by atoms with Gasteiger partial charge in [0.2, 0.25) is 17.7 Å². The highest BCUT2D eigenvalue weighted by Crippen LogP contribution is 2.05. The number of guanidine groups is 1. The normalized spacial score (nSPS) is 13.6. The van der Waals surface area contributed by atoms with Gasteiger partial charge in [-0.05, 0) is 37.2 Å². The first kappa shape index (κ1) is 28.5. The number of nitrogens with zero attached hydrogens (tertiary/aromatic N) is 1. The Kier molecular flexibility index (Phi) is 14.0. The van der Waals surface area contributed by atoms with E-state index < -0.39 is 41.8 Å². The molecule has 10 N–H and O–H groups in total. The van der Waals surface area contributed by atoms with Crippen LogP contribution in [0.1, 0.15) is 33.1 Å². The molecule has 13 heteroatoms. The van der Waals surface area contributed by atoms with Crippen LogP contribution in [-0.2, 0) is 19.2 Å². The zero-order valence-corrected chi connectivity index (χ0v) is 19.0. The lowest BCUT2D eigenvalue weighted by atomic mass is 10.0. The number of carboxylic acid groups (broad SMARTS) is 1. The minimum Gasteiger partial charge on any atom is -0.480 e. The van der Waals surface area contributed by atoms with Crippen LogP contribution in [0.15, 0.2) is 4.99 Å². The first-order chi connectivity index (χ1) is 14.5. The topological polar surface area (TPSA) is 215 Å². The zero-order chi connectivity index (χ0) is 24.0. The van der Waals surface area contributed by atoms with Crippen molar-refractivity contribution in [3.63, 3.8) is 0 Å². The molecule has 3 unspecified atom stereocenters. The van der Waals surface area contributed by atoms with E-state index in [1.165, 1.54) is 0 Å². The molecule has 3 atom stereocenters. The summed E-state index contributed by atoms with van der Waals surface area (Å²) >= 11 is 1.56. The van der Waals surface area contributed by atoms with Crippen LogP contribution in [0.4, 0.5) is 0 Å². The highest BCUT2D eigenvalue weighted by atomic mass is 32.2. The Balaban J connectivity index is 4.77. The molecule has 0 aromatic carbocycles. The number of nitrogens with one attached hydrogen (secondary N) is 3. The summed E-state index contributed by atoms with van der Waals surface area (Å²) in [6.45, 7) is 3.29. The minimum atomic E-state index is -1.21. The second-order valence-electron chi connectivity index (χ2n) is 7.24. The number of carbonyl (C=O) groups excluding carboxylic acids is 3. The summed E-state index contributed by atoms with van der Waals surface area (Å²) in [6, 6.07) is -2.86. The summed E-state index contributed by atoms with van der Waals surface area (Å²) in [6.07, 6.45) is 2.83. The highest BCUT2D eigenvalue weighted by Gasteiger charge is 2.28. The third kappa shape index (κ3) is 12.7. The molecule has 31 heavy (non-hydrogen) atoms. The van der Waals surface area contributed by atoms with Gasteiger partial charge in [-0.25, -0.2) is 4.79 Å². The van der Waals surface area contributed by atoms with Gasteiger partial charge < -0.3 is 38.3 Å². The third-order valence-corrected chi connectivity index (χ3v) is 4.86. The van der Waals surface area contributed by atoms with Gasteiger partial charge in [-0.1, -0.05) is 13.8 Å². The zero-order valence-electron chi connectivity index (χ0n) is 18.2. The standard InChI is InChI=1S/C18H35N7O5S/c1-10(2)14(25-13(26)9-23-15(27)11(19)6-8-31-3)16(28)24-12(17(29)30)5-4-7-22-18(20)21/h10-12,14H,4-9,19H2,1-3H3,(H,23,27)(H,24,28)(H,25,26)(H,29,30)(H4,20,21,22). The first-order valence-corrected chi connectivity index (χ1v) is 11.3. The van der Waals surface area contributed by atoms with E-state index in [9.17, 15) is 24.3 Å². The fourth-order valence-corrected chi connectivity index (χ4v) is 2.95. The number of aliphatic carboxylic acids is 1. The molecule has 0 saturated heterocycles. The summed E-state index contributed by atoms with van der Waals surface area (Å²) in [4.78, 5) is 51.9. The van der Waals surface area contributed by atoms with Crippen molar-refractivity contribution in [2.75, 3.05) is 25.1 Å². The Bertz CT molecular complexity index is 641. The Morgan fingerprint density at radius 3 is 2.23 bits per heavy atom. The van der Waals surface area contributed by atoms with Gasteiger partial charge in [0.15, 0.2) is 5.96 Å². The molecule has 0 aliphatic rings. The molecule has 0 saturated carbocycles. The Hall–Kier alpha value is -2.54. The average molecular weight is 462 g/mol. The number of amides is 3. The van der Waals surface area contributed by atoms with Crippen molar-refractivity contribution in [2.45, 2.75) is 51.2 Å². The number of carbonyl (C=O) groups is 4. The number of hydrogen-bond donors (Lipinski definition) is 7. The van der Waals surface area contributed by atoms with Gasteiger partial charge in [-0.2, -0.15) is 11.8 Å². The van der Waals surface area contributed by atoms with Crippen LogP contribution in [-0.4, -0.2) is 78.0 Å². The average Bonchev–Trinajstić information content (AvgIpc) is 2.69. The summed E-state index contributed by atoms with van der Waals surface area (Å²) in [7, 11) is 0. The minimum absolute atomic E-state index is 0.101. The van der Waals surface area contributed by atoms with Crippen LogP contribution in [0, 0.1) is 5.92 Å². The van der Waals surface area contributed by atoms with Crippen LogP contribution in [0.5, 0.6) is 0 Å². The summed E-state index contributed by atoms with van der Waals surface area (Å²) < 4.78 is 0. The van der Waals surface area contributed by atoms with E-state index >= 15 is 0 Å². The van der Waals surface area contributed by atoms with Gasteiger partial charge in [0, 0.05) is 6.54 Å². The lowest BCUT2D eigenvalue weighted by Gasteiger charge is -2.24. The van der Waals surface area contributed by atoms with Gasteiger partial charge >= 0.3 is 5.97 Å². The predicted molar refractivity (Wildman–Crippen MR) is 120 cm³/mol. The molecular formula is C18H35N7O5S. The van der Waals surface area contributed by atoms with Gasteiger partial charge in [0.05, 0.1) is 12.6 Å². The number of aliphatic imine (C=N–C) groups is 1. The summed E-state index contributed by atoms with van der Waals surface area (Å²) in [5.74, 6) is -2.60. The second-order valence-corrected chi connectivity index (χ2v) is 8.23. The van der Waals surface area contributed by atoms with E-state index in [-0.39, 0.29) is 31.4 Å². The van der Waals surface area contributed by atoms with Crippen molar-refractivity contribution in [2.24, 2.45) is 28.1 Å². The fourth-order valence-electron chi connectivity index (χ4n) is 2.46. The molecular weight excluding hydrogens is 426 g/mol. The molecule has 0 spiro atoms. The van der Waals surface area contributed by atoms with E-state index in [1.807, 2.05) is 6.26 Å². The van der Waals surface area contributed by atoms with E-state index in [0.717, 1.165) is 0 Å². The SMILES string of the molecule is CSCCC(N)C(=O)NCC(=O)NC(C(=O)NC(CCCN=C(N)N)C(=O)O)C(C)C. The van der Waals surface area contributed by atoms with Crippen molar-refractivity contribution in [3.8, 4) is 0 Å². The van der Waals surface area contributed by atoms with Crippen molar-refractivity contribution >= 4 is 41.4 Å². The molecule has 0 bridgehead atoms. The molecule has 0 fully saturated rings.